The number of nitrogens with zero attached hydrogens (tertiary/aromatic N) is 2. The molecule has 1 fully saturated rings. The van der Waals surface area contributed by atoms with Crippen molar-refractivity contribution in [1.29, 1.82) is 0 Å². The van der Waals surface area contributed by atoms with Gasteiger partial charge in [0.05, 0.1) is 25.2 Å². The zero-order chi connectivity index (χ0) is 35.9. The molecular weight excluding hydrogens is 657 g/mol. The van der Waals surface area contributed by atoms with E-state index >= 15 is 0 Å². The van der Waals surface area contributed by atoms with Crippen LogP contribution in [0.25, 0.3) is 0 Å². The lowest BCUT2D eigenvalue weighted by Gasteiger charge is -2.43. The lowest BCUT2D eigenvalue weighted by Crippen LogP contribution is -2.67. The third kappa shape index (κ3) is 8.05. The van der Waals surface area contributed by atoms with Crippen molar-refractivity contribution in [3.05, 3.63) is 130 Å². The molecule has 11 nitrogen and oxygen atoms in total. The van der Waals surface area contributed by atoms with Gasteiger partial charge in [0.1, 0.15) is 13.3 Å². The number of carbonyl (C=O) groups is 2. The normalized spacial score (nSPS) is 19.2. The van der Waals surface area contributed by atoms with Gasteiger partial charge in [-0.2, -0.15) is 0 Å². The second-order valence-corrected chi connectivity index (χ2v) is 17.6. The van der Waals surface area contributed by atoms with Crippen molar-refractivity contribution in [3.8, 4) is 0 Å². The first-order valence-corrected chi connectivity index (χ1v) is 18.5. The van der Waals surface area contributed by atoms with Crippen molar-refractivity contribution in [1.82, 2.24) is 9.13 Å². The molecule has 264 valence electrons. The van der Waals surface area contributed by atoms with Crippen LogP contribution >= 0.6 is 0 Å². The highest BCUT2D eigenvalue weighted by molar-refractivity contribution is 6.99. The van der Waals surface area contributed by atoms with Gasteiger partial charge in [0.2, 0.25) is 0 Å². The SMILES string of the molecule is CC(=O)OCC1C(CO[Si](c2ccccc2)(c2ccccc2)C(C)(C)C)OC(n2ccc(=O)n(COCc3ccccc3)c2=O)C1OC(C)=O. The molecule has 5 rings (SSSR count). The lowest BCUT2D eigenvalue weighted by atomic mass is 9.99. The summed E-state index contributed by atoms with van der Waals surface area (Å²) in [5.74, 6) is -1.85. The number of rotatable bonds is 13. The average Bonchev–Trinajstić information content (AvgIpc) is 3.42. The first-order valence-electron chi connectivity index (χ1n) is 16.6. The third-order valence-corrected chi connectivity index (χ3v) is 13.9. The highest BCUT2D eigenvalue weighted by atomic mass is 28.4. The molecule has 0 spiro atoms. The summed E-state index contributed by atoms with van der Waals surface area (Å²) in [5.41, 5.74) is -0.403. The maximum absolute atomic E-state index is 13.9. The molecule has 1 aliphatic heterocycles. The number of benzene rings is 3. The molecule has 0 bridgehead atoms. The van der Waals surface area contributed by atoms with E-state index in [9.17, 15) is 19.2 Å². The number of carbonyl (C=O) groups excluding carboxylic acids is 2. The average molecular weight is 701 g/mol. The lowest BCUT2D eigenvalue weighted by molar-refractivity contribution is -0.155. The van der Waals surface area contributed by atoms with E-state index in [2.05, 4.69) is 45.0 Å². The van der Waals surface area contributed by atoms with E-state index in [4.69, 9.17) is 23.4 Å². The zero-order valence-electron chi connectivity index (χ0n) is 29.0. The van der Waals surface area contributed by atoms with Gasteiger partial charge in [0.25, 0.3) is 13.9 Å². The van der Waals surface area contributed by atoms with E-state index < -0.39 is 55.9 Å². The first-order chi connectivity index (χ1) is 23.9. The highest BCUT2D eigenvalue weighted by Gasteiger charge is 2.53. The Morgan fingerprint density at radius 1 is 0.800 bits per heavy atom. The van der Waals surface area contributed by atoms with Crippen LogP contribution in [-0.2, 0) is 46.3 Å². The molecule has 50 heavy (non-hydrogen) atoms. The van der Waals surface area contributed by atoms with Crippen molar-refractivity contribution in [2.45, 2.75) is 71.4 Å². The van der Waals surface area contributed by atoms with Crippen LogP contribution in [0.4, 0.5) is 0 Å². The van der Waals surface area contributed by atoms with E-state index in [0.717, 1.165) is 20.5 Å². The quantitative estimate of drug-likeness (QED) is 0.152. The van der Waals surface area contributed by atoms with Crippen LogP contribution in [0.1, 0.15) is 46.4 Å². The second kappa shape index (κ2) is 15.9. The molecule has 4 aromatic rings. The predicted octanol–water partition coefficient (Wildman–Crippen LogP) is 3.77. The summed E-state index contributed by atoms with van der Waals surface area (Å²) >= 11 is 0. The van der Waals surface area contributed by atoms with Gasteiger partial charge in [-0.3, -0.25) is 19.0 Å². The van der Waals surface area contributed by atoms with Gasteiger partial charge in [0.15, 0.2) is 12.3 Å². The monoisotopic (exact) mass is 700 g/mol. The number of aromatic nitrogens is 2. The van der Waals surface area contributed by atoms with Gasteiger partial charge < -0.3 is 23.4 Å². The molecule has 4 unspecified atom stereocenters. The summed E-state index contributed by atoms with van der Waals surface area (Å²) in [5, 5.41) is 1.76. The van der Waals surface area contributed by atoms with Crippen LogP contribution < -0.4 is 21.6 Å². The van der Waals surface area contributed by atoms with Crippen LogP contribution in [0, 0.1) is 5.92 Å². The molecule has 0 amide bonds. The first kappa shape index (κ1) is 36.7. The topological polar surface area (TPSA) is 124 Å². The summed E-state index contributed by atoms with van der Waals surface area (Å²) in [6, 6.07) is 30.8. The van der Waals surface area contributed by atoms with E-state index in [-0.39, 0.29) is 31.6 Å². The Hall–Kier alpha value is -4.62. The minimum atomic E-state index is -3.04. The Morgan fingerprint density at radius 2 is 1.38 bits per heavy atom. The number of esters is 2. The Kier molecular flexibility index (Phi) is 11.7. The van der Waals surface area contributed by atoms with Crippen LogP contribution in [0.5, 0.6) is 0 Å². The van der Waals surface area contributed by atoms with Gasteiger partial charge >= 0.3 is 17.6 Å². The maximum atomic E-state index is 13.9. The summed E-state index contributed by atoms with van der Waals surface area (Å²) in [4.78, 5) is 51.3. The van der Waals surface area contributed by atoms with Crippen molar-refractivity contribution < 1.29 is 33.0 Å². The number of ether oxygens (including phenoxy) is 4. The molecular formula is C38H44N2O9Si. The minimum Gasteiger partial charge on any atom is -0.465 e. The van der Waals surface area contributed by atoms with Gasteiger partial charge in [-0.05, 0) is 21.0 Å². The predicted molar refractivity (Wildman–Crippen MR) is 189 cm³/mol. The largest absolute Gasteiger partial charge is 0.465 e. The minimum absolute atomic E-state index is 0.0298. The molecule has 12 heteroatoms. The maximum Gasteiger partial charge on any atom is 0.335 e. The smallest absolute Gasteiger partial charge is 0.335 e. The molecule has 1 saturated heterocycles. The molecule has 0 saturated carbocycles. The Bertz CT molecular complexity index is 1820. The highest BCUT2D eigenvalue weighted by Crippen LogP contribution is 2.40. The van der Waals surface area contributed by atoms with E-state index in [0.29, 0.717) is 0 Å². The van der Waals surface area contributed by atoms with E-state index in [1.54, 1.807) is 0 Å². The Morgan fingerprint density at radius 3 is 1.92 bits per heavy atom. The molecule has 0 radical (unpaired) electrons. The second-order valence-electron chi connectivity index (χ2n) is 13.3. The van der Waals surface area contributed by atoms with Gasteiger partial charge in [-0.15, -0.1) is 0 Å². The molecule has 1 aromatic heterocycles. The van der Waals surface area contributed by atoms with Gasteiger partial charge in [0, 0.05) is 26.1 Å². The van der Waals surface area contributed by atoms with Crippen LogP contribution in [0.2, 0.25) is 5.04 Å². The van der Waals surface area contributed by atoms with Crippen molar-refractivity contribution >= 4 is 30.6 Å². The van der Waals surface area contributed by atoms with E-state index in [1.807, 2.05) is 66.7 Å². The van der Waals surface area contributed by atoms with Crippen LogP contribution in [0.3, 0.4) is 0 Å². The van der Waals surface area contributed by atoms with Crippen LogP contribution in [0.15, 0.2) is 113 Å². The summed E-state index contributed by atoms with van der Waals surface area (Å²) in [6.07, 6.45) is -1.70. The standard InChI is InChI=1S/C38H44N2O9Si/c1-27(41)46-24-32-33(25-47-50(38(3,4)5,30-17-11-7-12-18-30)31-19-13-8-14-20-31)49-36(35(32)48-28(2)42)39-22-21-34(43)40(37(39)44)26-45-23-29-15-9-6-10-16-29/h6-22,32-33,35-36H,23-26H2,1-5H3. The van der Waals surface area contributed by atoms with Crippen molar-refractivity contribution in [2.24, 2.45) is 5.92 Å². The zero-order valence-corrected chi connectivity index (χ0v) is 30.0. The molecule has 2 heterocycles. The molecule has 1 aliphatic rings. The fourth-order valence-electron chi connectivity index (χ4n) is 6.56. The molecule has 0 aliphatic carbocycles. The molecule has 0 N–H and O–H groups in total. The van der Waals surface area contributed by atoms with Gasteiger partial charge in [-0.1, -0.05) is 112 Å². The molecule has 4 atom stereocenters. The van der Waals surface area contributed by atoms with Gasteiger partial charge in [-0.25, -0.2) is 9.36 Å². The fraction of sp³-hybridized carbons (Fsp3) is 0.368. The third-order valence-electron chi connectivity index (χ3n) is 8.86. The van der Waals surface area contributed by atoms with E-state index in [1.165, 1.54) is 30.7 Å². The summed E-state index contributed by atoms with van der Waals surface area (Å²) in [6.45, 7) is 8.74. The fourth-order valence-corrected chi connectivity index (χ4v) is 11.1. The Labute approximate surface area is 292 Å². The van der Waals surface area contributed by atoms with Crippen LogP contribution in [-0.4, -0.2) is 54.8 Å². The number of hydrogen-bond acceptors (Lipinski definition) is 9. The summed E-state index contributed by atoms with van der Waals surface area (Å²) in [7, 11) is -3.04. The number of hydrogen-bond donors (Lipinski definition) is 0. The molecule has 3 aromatic carbocycles. The van der Waals surface area contributed by atoms with Crippen molar-refractivity contribution in [3.63, 3.8) is 0 Å². The Balaban J connectivity index is 1.52. The van der Waals surface area contributed by atoms with Crippen molar-refractivity contribution in [2.75, 3.05) is 13.2 Å². The summed E-state index contributed by atoms with van der Waals surface area (Å²) < 4.78 is 32.9.